The zero-order chi connectivity index (χ0) is 23.4. The van der Waals surface area contributed by atoms with Crippen molar-refractivity contribution < 1.29 is 9.18 Å². The van der Waals surface area contributed by atoms with E-state index in [1.54, 1.807) is 12.1 Å². The van der Waals surface area contributed by atoms with Crippen molar-refractivity contribution in [2.75, 3.05) is 11.1 Å². The summed E-state index contributed by atoms with van der Waals surface area (Å²) in [5.74, 6) is 0.150. The second-order valence-electron chi connectivity index (χ2n) is 7.89. The van der Waals surface area contributed by atoms with E-state index in [4.69, 9.17) is 0 Å². The molecule has 0 saturated heterocycles. The minimum Gasteiger partial charge on any atom is -0.348 e. The van der Waals surface area contributed by atoms with Crippen LogP contribution in [0.5, 0.6) is 0 Å². The number of hydrogen-bond acceptors (Lipinski definition) is 6. The van der Waals surface area contributed by atoms with Gasteiger partial charge in [0.15, 0.2) is 10.1 Å². The van der Waals surface area contributed by atoms with E-state index in [2.05, 4.69) is 20.1 Å². The predicted octanol–water partition coefficient (Wildman–Crippen LogP) is 6.37. The number of aromatic nitrogens is 3. The third-order valence-corrected chi connectivity index (χ3v) is 7.42. The lowest BCUT2D eigenvalue weighted by Gasteiger charge is -2.10. The highest BCUT2D eigenvalue weighted by Crippen LogP contribution is 2.29. The van der Waals surface area contributed by atoms with Gasteiger partial charge in [-0.2, -0.15) is 0 Å². The molecule has 8 heteroatoms. The number of carbonyl (C=O) groups is 1. The van der Waals surface area contributed by atoms with E-state index in [1.165, 1.54) is 40.8 Å². The molecule has 4 rings (SSSR count). The Morgan fingerprint density at radius 2 is 1.79 bits per heavy atom. The van der Waals surface area contributed by atoms with Crippen LogP contribution in [0.25, 0.3) is 0 Å². The predicted molar refractivity (Wildman–Crippen MR) is 133 cm³/mol. The molecule has 0 amide bonds. The second-order valence-corrected chi connectivity index (χ2v) is 10.1. The fourth-order valence-corrected chi connectivity index (χ4v) is 5.26. The maximum Gasteiger partial charge on any atom is 0.210 e. The number of aryl methyl sites for hydroxylation is 3. The van der Waals surface area contributed by atoms with Crippen LogP contribution in [0, 0.1) is 26.6 Å². The Kier molecular flexibility index (Phi) is 7.25. The van der Waals surface area contributed by atoms with Crippen LogP contribution in [0.3, 0.4) is 0 Å². The minimum atomic E-state index is -0.231. The molecule has 0 atom stereocenters. The standard InChI is InChI=1S/C25H25FN4OS2/c1-16-4-10-21(11-5-16)27-24-28-29-25(33-24)32-15-23(31)22-14-17(2)30(18(22)3)13-12-19-6-8-20(26)9-7-19/h4-11,14H,12-13,15H2,1-3H3,(H,27,28). The van der Waals surface area contributed by atoms with Gasteiger partial charge in [0.05, 0.1) is 5.75 Å². The van der Waals surface area contributed by atoms with Crippen molar-refractivity contribution >= 4 is 39.7 Å². The first-order valence-corrected chi connectivity index (χ1v) is 12.4. The molecule has 170 valence electrons. The normalized spacial score (nSPS) is 11.0. The van der Waals surface area contributed by atoms with E-state index in [0.29, 0.717) is 10.9 Å². The van der Waals surface area contributed by atoms with Crippen LogP contribution in [-0.4, -0.2) is 26.3 Å². The first-order valence-electron chi connectivity index (χ1n) is 10.6. The van der Waals surface area contributed by atoms with E-state index >= 15 is 0 Å². The van der Waals surface area contributed by atoms with Crippen molar-refractivity contribution in [3.8, 4) is 0 Å². The fraction of sp³-hybridized carbons (Fsp3) is 0.240. The smallest absolute Gasteiger partial charge is 0.210 e. The zero-order valence-electron chi connectivity index (χ0n) is 18.8. The van der Waals surface area contributed by atoms with Gasteiger partial charge < -0.3 is 9.88 Å². The molecule has 1 N–H and O–H groups in total. The van der Waals surface area contributed by atoms with Crippen molar-refractivity contribution in [2.45, 2.75) is 38.1 Å². The van der Waals surface area contributed by atoms with E-state index in [9.17, 15) is 9.18 Å². The summed E-state index contributed by atoms with van der Waals surface area (Å²) in [6, 6.07) is 16.6. The third kappa shape index (κ3) is 5.89. The second kappa shape index (κ2) is 10.3. The lowest BCUT2D eigenvalue weighted by Crippen LogP contribution is -2.08. The van der Waals surface area contributed by atoms with Gasteiger partial charge in [-0.15, -0.1) is 10.2 Å². The molecular weight excluding hydrogens is 455 g/mol. The first-order chi connectivity index (χ1) is 15.9. The molecule has 0 aliphatic carbocycles. The van der Waals surface area contributed by atoms with Gasteiger partial charge in [-0.05, 0) is 63.1 Å². The summed E-state index contributed by atoms with van der Waals surface area (Å²) in [6.45, 7) is 6.77. The van der Waals surface area contributed by atoms with Crippen LogP contribution in [0.15, 0.2) is 58.9 Å². The monoisotopic (exact) mass is 480 g/mol. The number of thioether (sulfide) groups is 1. The van der Waals surface area contributed by atoms with E-state index in [1.807, 2.05) is 51.1 Å². The molecule has 0 spiro atoms. The largest absolute Gasteiger partial charge is 0.348 e. The number of carbonyl (C=O) groups excluding carboxylic acids is 1. The fourth-order valence-electron chi connectivity index (χ4n) is 3.60. The van der Waals surface area contributed by atoms with E-state index in [-0.39, 0.29) is 11.6 Å². The lowest BCUT2D eigenvalue weighted by molar-refractivity contribution is 0.102. The van der Waals surface area contributed by atoms with Gasteiger partial charge >= 0.3 is 0 Å². The quantitative estimate of drug-likeness (QED) is 0.223. The average Bonchev–Trinajstić information content (AvgIpc) is 3.37. The van der Waals surface area contributed by atoms with E-state index in [0.717, 1.165) is 45.5 Å². The molecule has 2 aromatic carbocycles. The maximum atomic E-state index is 13.1. The van der Waals surface area contributed by atoms with Gasteiger partial charge in [-0.3, -0.25) is 4.79 Å². The van der Waals surface area contributed by atoms with Crippen molar-refractivity contribution in [3.05, 3.63) is 88.5 Å². The molecule has 0 saturated carbocycles. The van der Waals surface area contributed by atoms with Crippen LogP contribution in [0.4, 0.5) is 15.2 Å². The summed E-state index contributed by atoms with van der Waals surface area (Å²) < 4.78 is 16.0. The Hall–Kier alpha value is -2.97. The molecule has 0 radical (unpaired) electrons. The minimum absolute atomic E-state index is 0.0735. The number of nitrogens with zero attached hydrogens (tertiary/aromatic N) is 3. The molecule has 5 nitrogen and oxygen atoms in total. The number of Topliss-reactive ketones (excluding diaryl/α,β-unsaturated/α-hetero) is 1. The number of halogens is 1. The molecular formula is C25H25FN4OS2. The first kappa shape index (κ1) is 23.2. The lowest BCUT2D eigenvalue weighted by atomic mass is 10.1. The summed E-state index contributed by atoms with van der Waals surface area (Å²) in [4.78, 5) is 12.9. The Morgan fingerprint density at radius 3 is 2.52 bits per heavy atom. The van der Waals surface area contributed by atoms with Gasteiger partial charge in [-0.1, -0.05) is 52.9 Å². The topological polar surface area (TPSA) is 59.8 Å². The summed E-state index contributed by atoms with van der Waals surface area (Å²) in [7, 11) is 0. The molecule has 2 aromatic heterocycles. The summed E-state index contributed by atoms with van der Waals surface area (Å²) in [6.07, 6.45) is 0.778. The molecule has 0 aliphatic rings. The third-order valence-electron chi connectivity index (χ3n) is 5.45. The molecule has 0 aliphatic heterocycles. The van der Waals surface area contributed by atoms with E-state index < -0.39 is 0 Å². The molecule has 0 bridgehead atoms. The molecule has 0 unspecified atom stereocenters. The Labute approximate surface area is 201 Å². The highest BCUT2D eigenvalue weighted by atomic mass is 32.2. The Morgan fingerprint density at radius 1 is 1.06 bits per heavy atom. The van der Waals surface area contributed by atoms with Gasteiger partial charge in [0, 0.05) is 29.2 Å². The van der Waals surface area contributed by atoms with Gasteiger partial charge in [0.1, 0.15) is 5.82 Å². The number of benzene rings is 2. The molecule has 0 fully saturated rings. The van der Waals surface area contributed by atoms with Crippen molar-refractivity contribution in [1.82, 2.24) is 14.8 Å². The maximum absolute atomic E-state index is 13.1. The van der Waals surface area contributed by atoms with Crippen molar-refractivity contribution in [3.63, 3.8) is 0 Å². The van der Waals surface area contributed by atoms with Gasteiger partial charge in [0.25, 0.3) is 0 Å². The van der Waals surface area contributed by atoms with Gasteiger partial charge in [0.2, 0.25) is 5.13 Å². The van der Waals surface area contributed by atoms with Crippen LogP contribution < -0.4 is 5.32 Å². The van der Waals surface area contributed by atoms with Crippen molar-refractivity contribution in [1.29, 1.82) is 0 Å². The van der Waals surface area contributed by atoms with Crippen LogP contribution >= 0.6 is 23.1 Å². The Bertz CT molecular complexity index is 1250. The van der Waals surface area contributed by atoms with Crippen LogP contribution in [0.2, 0.25) is 0 Å². The highest BCUT2D eigenvalue weighted by molar-refractivity contribution is 8.01. The molecule has 33 heavy (non-hydrogen) atoms. The number of rotatable bonds is 9. The van der Waals surface area contributed by atoms with Crippen LogP contribution in [-0.2, 0) is 13.0 Å². The van der Waals surface area contributed by atoms with Crippen molar-refractivity contribution in [2.24, 2.45) is 0 Å². The van der Waals surface area contributed by atoms with Crippen LogP contribution in [0.1, 0.15) is 32.9 Å². The molecule has 2 heterocycles. The number of nitrogens with one attached hydrogen (secondary N) is 1. The summed E-state index contributed by atoms with van der Waals surface area (Å²) in [5.41, 5.74) is 5.96. The zero-order valence-corrected chi connectivity index (χ0v) is 20.4. The average molecular weight is 481 g/mol. The summed E-state index contributed by atoms with van der Waals surface area (Å²) >= 11 is 2.84. The number of hydrogen-bond donors (Lipinski definition) is 1. The van der Waals surface area contributed by atoms with Gasteiger partial charge in [-0.25, -0.2) is 4.39 Å². The Balaban J connectivity index is 1.35. The highest BCUT2D eigenvalue weighted by Gasteiger charge is 2.17. The number of ketones is 1. The number of anilines is 2. The molecule has 4 aromatic rings. The summed E-state index contributed by atoms with van der Waals surface area (Å²) in [5, 5.41) is 12.3. The SMILES string of the molecule is Cc1ccc(Nc2nnc(SCC(=O)c3cc(C)n(CCc4ccc(F)cc4)c3C)s2)cc1.